The average Bonchev–Trinajstić information content (AvgIpc) is 2.21. The standard InChI is InChI=1S/C11H12N2O2/c1-7-5-9(12)10(13)6-8(7)3-4-11(14)15-2/h5-6H,12-13H2,1-2H3. The summed E-state index contributed by atoms with van der Waals surface area (Å²) in [5, 5.41) is 0. The molecular formula is C11H12N2O2. The first-order valence-electron chi connectivity index (χ1n) is 4.30. The van der Waals surface area contributed by atoms with Crippen molar-refractivity contribution in [2.75, 3.05) is 18.6 Å². The van der Waals surface area contributed by atoms with Gasteiger partial charge in [-0.3, -0.25) is 0 Å². The molecule has 0 saturated carbocycles. The summed E-state index contributed by atoms with van der Waals surface area (Å²) in [5.41, 5.74) is 13.7. The van der Waals surface area contributed by atoms with Gasteiger partial charge in [0.25, 0.3) is 0 Å². The predicted molar refractivity (Wildman–Crippen MR) is 58.9 cm³/mol. The molecule has 0 aliphatic carbocycles. The fourth-order valence-corrected chi connectivity index (χ4v) is 1.05. The van der Waals surface area contributed by atoms with Crippen LogP contribution in [0.1, 0.15) is 11.1 Å². The SMILES string of the molecule is COC(=O)C#Cc1cc(N)c(N)cc1C. The number of carbonyl (C=O) groups is 1. The lowest BCUT2D eigenvalue weighted by Crippen LogP contribution is -1.98. The number of hydrogen-bond donors (Lipinski definition) is 2. The second-order valence-corrected chi connectivity index (χ2v) is 3.04. The lowest BCUT2D eigenvalue weighted by Gasteiger charge is -2.03. The van der Waals surface area contributed by atoms with Gasteiger partial charge in [-0.25, -0.2) is 4.79 Å². The first kappa shape index (κ1) is 10.9. The van der Waals surface area contributed by atoms with Crippen molar-refractivity contribution in [2.45, 2.75) is 6.92 Å². The summed E-state index contributed by atoms with van der Waals surface area (Å²) < 4.78 is 4.40. The van der Waals surface area contributed by atoms with E-state index in [1.54, 1.807) is 12.1 Å². The van der Waals surface area contributed by atoms with E-state index in [4.69, 9.17) is 11.5 Å². The predicted octanol–water partition coefficient (Wildman–Crippen LogP) is 0.684. The second-order valence-electron chi connectivity index (χ2n) is 3.04. The van der Waals surface area contributed by atoms with E-state index in [-0.39, 0.29) is 0 Å². The van der Waals surface area contributed by atoms with Crippen LogP contribution in [0.25, 0.3) is 0 Å². The normalized spacial score (nSPS) is 8.93. The van der Waals surface area contributed by atoms with Gasteiger partial charge >= 0.3 is 5.97 Å². The number of carbonyl (C=O) groups excluding carboxylic acids is 1. The number of hydrogen-bond acceptors (Lipinski definition) is 4. The monoisotopic (exact) mass is 204 g/mol. The van der Waals surface area contributed by atoms with Gasteiger partial charge < -0.3 is 16.2 Å². The van der Waals surface area contributed by atoms with Crippen molar-refractivity contribution >= 4 is 17.3 Å². The molecule has 0 fully saturated rings. The molecule has 78 valence electrons. The topological polar surface area (TPSA) is 78.3 Å². The van der Waals surface area contributed by atoms with E-state index >= 15 is 0 Å². The van der Waals surface area contributed by atoms with Crippen molar-refractivity contribution in [2.24, 2.45) is 0 Å². The second kappa shape index (κ2) is 4.38. The van der Waals surface area contributed by atoms with E-state index in [0.717, 1.165) is 5.56 Å². The first-order chi connectivity index (χ1) is 7.04. The van der Waals surface area contributed by atoms with Gasteiger partial charge in [-0.1, -0.05) is 5.92 Å². The average molecular weight is 204 g/mol. The molecule has 4 nitrogen and oxygen atoms in total. The summed E-state index contributed by atoms with van der Waals surface area (Å²) in [7, 11) is 1.28. The third-order valence-electron chi connectivity index (χ3n) is 1.91. The lowest BCUT2D eigenvalue weighted by atomic mass is 10.1. The number of methoxy groups -OCH3 is 1. The van der Waals surface area contributed by atoms with Gasteiger partial charge in [-0.2, -0.15) is 0 Å². The first-order valence-corrected chi connectivity index (χ1v) is 4.30. The fourth-order valence-electron chi connectivity index (χ4n) is 1.05. The molecule has 0 aromatic heterocycles. The van der Waals surface area contributed by atoms with E-state index in [2.05, 4.69) is 16.6 Å². The Labute approximate surface area is 88.2 Å². The Kier molecular flexibility index (Phi) is 3.19. The molecule has 0 bridgehead atoms. The molecule has 4 N–H and O–H groups in total. The number of rotatable bonds is 0. The highest BCUT2D eigenvalue weighted by molar-refractivity contribution is 5.89. The minimum Gasteiger partial charge on any atom is -0.459 e. The maximum atomic E-state index is 10.8. The smallest absolute Gasteiger partial charge is 0.384 e. The van der Waals surface area contributed by atoms with Gasteiger partial charge in [-0.05, 0) is 24.6 Å². The number of ether oxygens (including phenoxy) is 1. The maximum Gasteiger partial charge on any atom is 0.384 e. The summed E-state index contributed by atoms with van der Waals surface area (Å²) in [6.07, 6.45) is 0. The minimum absolute atomic E-state index is 0.453. The van der Waals surface area contributed by atoms with Crippen molar-refractivity contribution < 1.29 is 9.53 Å². The van der Waals surface area contributed by atoms with Crippen LogP contribution in [0.4, 0.5) is 11.4 Å². The molecular weight excluding hydrogens is 192 g/mol. The zero-order valence-corrected chi connectivity index (χ0v) is 8.63. The van der Waals surface area contributed by atoms with Gasteiger partial charge in [0.05, 0.1) is 18.5 Å². The number of benzene rings is 1. The molecule has 0 aliphatic heterocycles. The highest BCUT2D eigenvalue weighted by Gasteiger charge is 2.00. The van der Waals surface area contributed by atoms with E-state index in [1.165, 1.54) is 7.11 Å². The van der Waals surface area contributed by atoms with Crippen molar-refractivity contribution in [3.63, 3.8) is 0 Å². The van der Waals surface area contributed by atoms with E-state index in [9.17, 15) is 4.79 Å². The van der Waals surface area contributed by atoms with Crippen molar-refractivity contribution in [3.8, 4) is 11.8 Å². The minimum atomic E-state index is -0.579. The largest absolute Gasteiger partial charge is 0.459 e. The summed E-state index contributed by atoms with van der Waals surface area (Å²) in [6.45, 7) is 1.84. The lowest BCUT2D eigenvalue weighted by molar-refractivity contribution is -0.133. The summed E-state index contributed by atoms with van der Waals surface area (Å²) in [5.74, 6) is 4.42. The van der Waals surface area contributed by atoms with Crippen molar-refractivity contribution in [1.82, 2.24) is 0 Å². The highest BCUT2D eigenvalue weighted by atomic mass is 16.5. The molecule has 4 heteroatoms. The Balaban J connectivity index is 3.09. The molecule has 0 spiro atoms. The molecule has 0 aliphatic rings. The molecule has 0 heterocycles. The highest BCUT2D eigenvalue weighted by Crippen LogP contribution is 2.19. The van der Waals surface area contributed by atoms with Gasteiger partial charge in [0.15, 0.2) is 0 Å². The Bertz CT molecular complexity index is 456. The van der Waals surface area contributed by atoms with Crippen LogP contribution in [0, 0.1) is 18.8 Å². The van der Waals surface area contributed by atoms with E-state index < -0.39 is 5.97 Å². The molecule has 0 saturated heterocycles. The molecule has 0 radical (unpaired) electrons. The molecule has 1 rings (SSSR count). The van der Waals surface area contributed by atoms with Crippen LogP contribution < -0.4 is 11.5 Å². The molecule has 15 heavy (non-hydrogen) atoms. The van der Waals surface area contributed by atoms with E-state index in [0.29, 0.717) is 16.9 Å². The molecule has 1 aromatic rings. The fraction of sp³-hybridized carbons (Fsp3) is 0.182. The number of nitrogen functional groups attached to an aromatic ring is 2. The molecule has 0 amide bonds. The third-order valence-corrected chi connectivity index (χ3v) is 1.91. The number of aryl methyl sites for hydroxylation is 1. The van der Waals surface area contributed by atoms with Gasteiger partial charge in [0.1, 0.15) is 0 Å². The number of anilines is 2. The van der Waals surface area contributed by atoms with Crippen LogP contribution in [-0.2, 0) is 9.53 Å². The third kappa shape index (κ3) is 2.64. The molecule has 0 atom stereocenters. The Morgan fingerprint density at radius 3 is 2.53 bits per heavy atom. The van der Waals surface area contributed by atoms with E-state index in [1.807, 2.05) is 6.92 Å². The maximum absolute atomic E-state index is 10.8. The Hall–Kier alpha value is -2.15. The number of esters is 1. The van der Waals surface area contributed by atoms with Gasteiger partial charge in [-0.15, -0.1) is 0 Å². The van der Waals surface area contributed by atoms with Gasteiger partial charge in [0, 0.05) is 11.5 Å². The zero-order valence-electron chi connectivity index (χ0n) is 8.63. The Morgan fingerprint density at radius 1 is 1.33 bits per heavy atom. The van der Waals surface area contributed by atoms with Crippen molar-refractivity contribution in [1.29, 1.82) is 0 Å². The van der Waals surface area contributed by atoms with Crippen LogP contribution in [0.5, 0.6) is 0 Å². The van der Waals surface area contributed by atoms with Crippen LogP contribution in [0.15, 0.2) is 12.1 Å². The van der Waals surface area contributed by atoms with Gasteiger partial charge in [0.2, 0.25) is 0 Å². The Morgan fingerprint density at radius 2 is 1.93 bits per heavy atom. The van der Waals surface area contributed by atoms with Crippen LogP contribution >= 0.6 is 0 Å². The van der Waals surface area contributed by atoms with Crippen LogP contribution in [0.2, 0.25) is 0 Å². The van der Waals surface area contributed by atoms with Crippen LogP contribution in [0.3, 0.4) is 0 Å². The summed E-state index contributed by atoms with van der Waals surface area (Å²) in [4.78, 5) is 10.8. The summed E-state index contributed by atoms with van der Waals surface area (Å²) >= 11 is 0. The van der Waals surface area contributed by atoms with Crippen molar-refractivity contribution in [3.05, 3.63) is 23.3 Å². The molecule has 1 aromatic carbocycles. The quantitative estimate of drug-likeness (QED) is 0.370. The molecule has 0 unspecified atom stereocenters. The van der Waals surface area contributed by atoms with Crippen LogP contribution in [-0.4, -0.2) is 13.1 Å². The zero-order chi connectivity index (χ0) is 11.4. The summed E-state index contributed by atoms with van der Waals surface area (Å²) in [6, 6.07) is 3.36. The number of nitrogens with two attached hydrogens (primary N) is 2.